The molecule has 8 heteroatoms. The third-order valence-corrected chi connectivity index (χ3v) is 2.82. The lowest BCUT2D eigenvalue weighted by atomic mass is 10.1. The van der Waals surface area contributed by atoms with Crippen molar-refractivity contribution in [3.8, 4) is 0 Å². The first-order chi connectivity index (χ1) is 8.32. The maximum atomic E-state index is 12.8. The molecule has 100 valence electrons. The molecule has 0 spiro atoms. The van der Waals surface area contributed by atoms with E-state index in [1.807, 2.05) is 0 Å². The van der Waals surface area contributed by atoms with Crippen LogP contribution in [0.4, 0.5) is 19.0 Å². The number of carbonyl (C=O) groups excluding carboxylic acids is 1. The predicted molar refractivity (Wildman–Crippen MR) is 58.4 cm³/mol. The molecule has 0 aromatic carbocycles. The number of nitrogens with zero attached hydrogens (tertiary/aromatic N) is 3. The molecule has 0 bridgehead atoms. The monoisotopic (exact) mass is 262 g/mol. The summed E-state index contributed by atoms with van der Waals surface area (Å²) < 4.78 is 39.3. The highest BCUT2D eigenvalue weighted by molar-refractivity contribution is 5.98. The van der Waals surface area contributed by atoms with Gasteiger partial charge in [0, 0.05) is 20.6 Å². The summed E-state index contributed by atoms with van der Waals surface area (Å²) in [5.41, 5.74) is 0.161. The van der Waals surface area contributed by atoms with Crippen LogP contribution >= 0.6 is 0 Å². The molecule has 2 heterocycles. The lowest BCUT2D eigenvalue weighted by Crippen LogP contribution is -2.34. The van der Waals surface area contributed by atoms with E-state index in [0.29, 0.717) is 0 Å². The Morgan fingerprint density at radius 3 is 2.78 bits per heavy atom. The number of fused-ring (bicyclic) bond motifs is 1. The number of hydrogen-bond donors (Lipinski definition) is 1. The fourth-order valence-corrected chi connectivity index (χ4v) is 1.92. The first-order valence-corrected chi connectivity index (χ1v) is 5.42. The summed E-state index contributed by atoms with van der Waals surface area (Å²) in [5.74, 6) is -0.228. The highest BCUT2D eigenvalue weighted by Crippen LogP contribution is 2.38. The van der Waals surface area contributed by atoms with Crippen molar-refractivity contribution in [2.45, 2.75) is 18.6 Å². The molecule has 5 nitrogen and oxygen atoms in total. The highest BCUT2D eigenvalue weighted by atomic mass is 19.4. The molecule has 0 saturated carbocycles. The SMILES string of the molecule is CN(C)C(=O)c1cnn2c1NCCC2C(F)(F)F. The van der Waals surface area contributed by atoms with Gasteiger partial charge in [0.1, 0.15) is 11.4 Å². The zero-order chi connectivity index (χ0) is 13.5. The molecule has 1 atom stereocenters. The minimum Gasteiger partial charge on any atom is -0.370 e. The first kappa shape index (κ1) is 12.7. The number of rotatable bonds is 1. The van der Waals surface area contributed by atoms with E-state index in [9.17, 15) is 18.0 Å². The van der Waals surface area contributed by atoms with Crippen molar-refractivity contribution < 1.29 is 18.0 Å². The normalized spacial score (nSPS) is 19.1. The molecule has 0 radical (unpaired) electrons. The summed E-state index contributed by atoms with van der Waals surface area (Å²) in [4.78, 5) is 13.1. The van der Waals surface area contributed by atoms with E-state index in [0.717, 1.165) is 4.68 Å². The van der Waals surface area contributed by atoms with Crippen LogP contribution in [0.15, 0.2) is 6.20 Å². The van der Waals surface area contributed by atoms with Crippen LogP contribution in [-0.4, -0.2) is 47.4 Å². The van der Waals surface area contributed by atoms with Crippen LogP contribution in [0.2, 0.25) is 0 Å². The fourth-order valence-electron chi connectivity index (χ4n) is 1.92. The van der Waals surface area contributed by atoms with Gasteiger partial charge in [0.2, 0.25) is 0 Å². The second-order valence-corrected chi connectivity index (χ2v) is 4.32. The molecule has 18 heavy (non-hydrogen) atoms. The molecule has 1 amide bonds. The Bertz CT molecular complexity index is 466. The van der Waals surface area contributed by atoms with Crippen molar-refractivity contribution in [3.63, 3.8) is 0 Å². The summed E-state index contributed by atoms with van der Waals surface area (Å²) in [7, 11) is 3.08. The van der Waals surface area contributed by atoms with E-state index in [4.69, 9.17) is 0 Å². The van der Waals surface area contributed by atoms with E-state index >= 15 is 0 Å². The largest absolute Gasteiger partial charge is 0.410 e. The number of nitrogens with one attached hydrogen (secondary N) is 1. The van der Waals surface area contributed by atoms with Crippen LogP contribution in [-0.2, 0) is 0 Å². The van der Waals surface area contributed by atoms with Gasteiger partial charge >= 0.3 is 6.18 Å². The minimum atomic E-state index is -4.36. The van der Waals surface area contributed by atoms with Gasteiger partial charge in [0.25, 0.3) is 5.91 Å². The van der Waals surface area contributed by atoms with Crippen LogP contribution in [0.25, 0.3) is 0 Å². The standard InChI is InChI=1S/C10H13F3N4O/c1-16(2)9(18)6-5-15-17-7(10(11,12)13)3-4-14-8(6)17/h5,7,14H,3-4H2,1-2H3. The van der Waals surface area contributed by atoms with Crippen molar-refractivity contribution in [1.82, 2.24) is 14.7 Å². The van der Waals surface area contributed by atoms with E-state index < -0.39 is 12.2 Å². The Balaban J connectivity index is 2.41. The Labute approximate surface area is 102 Å². The number of anilines is 1. The van der Waals surface area contributed by atoms with Gasteiger partial charge < -0.3 is 10.2 Å². The van der Waals surface area contributed by atoms with Crippen molar-refractivity contribution in [2.75, 3.05) is 26.0 Å². The number of halogens is 3. The van der Waals surface area contributed by atoms with Crippen LogP contribution < -0.4 is 5.32 Å². The summed E-state index contributed by atoms with van der Waals surface area (Å²) in [6.07, 6.45) is -3.27. The average Bonchev–Trinajstić information content (AvgIpc) is 2.69. The molecular formula is C10H13F3N4O. The molecule has 1 unspecified atom stereocenters. The average molecular weight is 262 g/mol. The van der Waals surface area contributed by atoms with Gasteiger partial charge in [0.15, 0.2) is 6.04 Å². The number of alkyl halides is 3. The molecule has 2 rings (SSSR count). The zero-order valence-corrected chi connectivity index (χ0v) is 9.95. The van der Waals surface area contributed by atoms with Gasteiger partial charge in [-0.15, -0.1) is 0 Å². The Hall–Kier alpha value is -1.73. The Kier molecular flexibility index (Phi) is 2.95. The third kappa shape index (κ3) is 2.02. The van der Waals surface area contributed by atoms with Gasteiger partial charge in [-0.05, 0) is 6.42 Å². The molecule has 1 aromatic heterocycles. The van der Waals surface area contributed by atoms with Crippen LogP contribution in [0.3, 0.4) is 0 Å². The summed E-state index contributed by atoms with van der Waals surface area (Å²) in [5, 5.41) is 6.50. The molecule has 1 aromatic rings. The van der Waals surface area contributed by atoms with Gasteiger partial charge in [-0.25, -0.2) is 4.68 Å². The number of aromatic nitrogens is 2. The first-order valence-electron chi connectivity index (χ1n) is 5.42. The Morgan fingerprint density at radius 2 is 2.22 bits per heavy atom. The third-order valence-electron chi connectivity index (χ3n) is 2.82. The maximum absolute atomic E-state index is 12.8. The van der Waals surface area contributed by atoms with Gasteiger partial charge in [-0.3, -0.25) is 4.79 Å². The van der Waals surface area contributed by atoms with E-state index in [-0.39, 0.29) is 30.3 Å². The van der Waals surface area contributed by atoms with Gasteiger partial charge in [-0.2, -0.15) is 18.3 Å². The summed E-state index contributed by atoms with van der Waals surface area (Å²) in [6.45, 7) is 0.170. The van der Waals surface area contributed by atoms with Crippen molar-refractivity contribution in [3.05, 3.63) is 11.8 Å². The molecule has 0 saturated heterocycles. The van der Waals surface area contributed by atoms with Crippen molar-refractivity contribution in [1.29, 1.82) is 0 Å². The molecule has 1 aliphatic heterocycles. The maximum Gasteiger partial charge on any atom is 0.410 e. The number of hydrogen-bond acceptors (Lipinski definition) is 3. The molecular weight excluding hydrogens is 249 g/mol. The number of carbonyl (C=O) groups is 1. The van der Waals surface area contributed by atoms with E-state index in [1.165, 1.54) is 25.2 Å². The second kappa shape index (κ2) is 4.18. The number of amides is 1. The molecule has 0 aliphatic carbocycles. The quantitative estimate of drug-likeness (QED) is 0.834. The summed E-state index contributed by atoms with van der Waals surface area (Å²) >= 11 is 0. The molecule has 1 aliphatic rings. The van der Waals surface area contributed by atoms with E-state index in [2.05, 4.69) is 10.4 Å². The predicted octanol–water partition coefficient (Wildman–Crippen LogP) is 1.50. The van der Waals surface area contributed by atoms with E-state index in [1.54, 1.807) is 0 Å². The lowest BCUT2D eigenvalue weighted by Gasteiger charge is -2.28. The minimum absolute atomic E-state index is 0.0895. The zero-order valence-electron chi connectivity index (χ0n) is 9.95. The Morgan fingerprint density at radius 1 is 1.56 bits per heavy atom. The summed E-state index contributed by atoms with van der Waals surface area (Å²) in [6, 6.07) is -1.67. The topological polar surface area (TPSA) is 50.2 Å². The van der Waals surface area contributed by atoms with Gasteiger partial charge in [0.05, 0.1) is 6.20 Å². The van der Waals surface area contributed by atoms with Crippen LogP contribution in [0, 0.1) is 0 Å². The van der Waals surface area contributed by atoms with Crippen molar-refractivity contribution >= 4 is 11.7 Å². The highest BCUT2D eigenvalue weighted by Gasteiger charge is 2.44. The molecule has 1 N–H and O–H groups in total. The smallest absolute Gasteiger partial charge is 0.370 e. The molecule has 0 fully saturated rings. The van der Waals surface area contributed by atoms with Gasteiger partial charge in [-0.1, -0.05) is 0 Å². The van der Waals surface area contributed by atoms with Crippen molar-refractivity contribution in [2.24, 2.45) is 0 Å². The lowest BCUT2D eigenvalue weighted by molar-refractivity contribution is -0.171. The fraction of sp³-hybridized carbons (Fsp3) is 0.600. The second-order valence-electron chi connectivity index (χ2n) is 4.32. The van der Waals surface area contributed by atoms with Crippen LogP contribution in [0.1, 0.15) is 22.8 Å². The van der Waals surface area contributed by atoms with Crippen LogP contribution in [0.5, 0.6) is 0 Å².